The molecule has 0 aliphatic carbocycles. The monoisotopic (exact) mass is 211 g/mol. The molecule has 3 heteroatoms. The fourth-order valence-electron chi connectivity index (χ4n) is 3.09. The normalized spacial score (nSPS) is 24.4. The third-order valence-electron chi connectivity index (χ3n) is 4.24. The van der Waals surface area contributed by atoms with Gasteiger partial charge in [0, 0.05) is 0 Å². The molecule has 0 N–H and O–H groups in total. The predicted octanol–water partition coefficient (Wildman–Crippen LogP) is 4.01. The van der Waals surface area contributed by atoms with E-state index in [0.29, 0.717) is 0 Å². The molecule has 1 nitrogen and oxygen atoms in total. The molecule has 1 heterocycles. The summed E-state index contributed by atoms with van der Waals surface area (Å²) in [5, 5.41) is 1.61. The van der Waals surface area contributed by atoms with E-state index < -0.39 is 14.7 Å². The molecule has 1 aliphatic rings. The highest BCUT2D eigenvalue weighted by atomic mass is 28.4. The number of hydrogen-bond donors (Lipinski definition) is 0. The zero-order valence-electron chi connectivity index (χ0n) is 10.6. The molecule has 0 unspecified atom stereocenters. The molecule has 0 saturated heterocycles. The largest absolute Gasteiger partial charge is 0.628 e. The first-order chi connectivity index (χ1) is 6.43. The van der Waals surface area contributed by atoms with Gasteiger partial charge in [0.25, 0.3) is 0 Å². The van der Waals surface area contributed by atoms with Gasteiger partial charge in [-0.05, 0) is 20.0 Å². The molecular formula is C11H24BOSi-. The molecule has 0 radical (unpaired) electrons. The lowest BCUT2D eigenvalue weighted by Crippen LogP contribution is -2.42. The average molecular weight is 211 g/mol. The number of allylic oxidation sites excluding steroid dienone is 2. The Balaban J connectivity index is 3.16. The smallest absolute Gasteiger partial charge is 0.164 e. The van der Waals surface area contributed by atoms with E-state index in [1.54, 1.807) is 10.7 Å². The Morgan fingerprint density at radius 2 is 1.64 bits per heavy atom. The zero-order valence-corrected chi connectivity index (χ0v) is 11.6. The minimum absolute atomic E-state index is 0.610. The van der Waals surface area contributed by atoms with Crippen LogP contribution in [0.25, 0.3) is 0 Å². The van der Waals surface area contributed by atoms with E-state index in [1.807, 2.05) is 0 Å². The van der Waals surface area contributed by atoms with Gasteiger partial charge in [0.15, 0.2) is 8.32 Å². The zero-order chi connectivity index (χ0) is 11.0. The summed E-state index contributed by atoms with van der Waals surface area (Å²) in [6.45, 7) is 13.8. The molecule has 0 bridgehead atoms. The minimum Gasteiger partial charge on any atom is -0.628 e. The van der Waals surface area contributed by atoms with Crippen LogP contribution in [0.4, 0.5) is 0 Å². The third kappa shape index (κ3) is 1.61. The molecule has 0 atom stereocenters. The Morgan fingerprint density at radius 3 is 1.93 bits per heavy atom. The SMILES string of the molecule is CCC1=C(C)[Si](C)(C)O[B-]1(CC)CC. The van der Waals surface area contributed by atoms with Crippen molar-refractivity contribution in [1.29, 1.82) is 0 Å². The van der Waals surface area contributed by atoms with Gasteiger partial charge in [-0.2, -0.15) is 12.6 Å². The highest BCUT2D eigenvalue weighted by Crippen LogP contribution is 2.42. The Morgan fingerprint density at radius 1 is 1.14 bits per heavy atom. The summed E-state index contributed by atoms with van der Waals surface area (Å²) in [5.41, 5.74) is 1.66. The van der Waals surface area contributed by atoms with Gasteiger partial charge in [-0.3, -0.25) is 0 Å². The van der Waals surface area contributed by atoms with E-state index in [9.17, 15) is 0 Å². The molecule has 14 heavy (non-hydrogen) atoms. The summed E-state index contributed by atoms with van der Waals surface area (Å²) in [5.74, 6) is 0. The van der Waals surface area contributed by atoms with Gasteiger partial charge in [0.1, 0.15) is 6.35 Å². The van der Waals surface area contributed by atoms with Crippen LogP contribution >= 0.6 is 0 Å². The van der Waals surface area contributed by atoms with Crippen molar-refractivity contribution in [3.63, 3.8) is 0 Å². The van der Waals surface area contributed by atoms with E-state index in [-0.39, 0.29) is 0 Å². The summed E-state index contributed by atoms with van der Waals surface area (Å²) < 4.78 is 6.48. The molecule has 0 aromatic rings. The minimum atomic E-state index is -1.50. The van der Waals surface area contributed by atoms with Crippen LogP contribution in [0.3, 0.4) is 0 Å². The fraction of sp³-hybridized carbons (Fsp3) is 0.818. The predicted molar refractivity (Wildman–Crippen MR) is 68.3 cm³/mol. The summed E-state index contributed by atoms with van der Waals surface area (Å²) in [7, 11) is -1.50. The maximum Gasteiger partial charge on any atom is 0.164 e. The fourth-order valence-corrected chi connectivity index (χ4v) is 6.08. The Labute approximate surface area is 90.0 Å². The summed E-state index contributed by atoms with van der Waals surface area (Å²) in [6.07, 6.45) is 2.95. The van der Waals surface area contributed by atoms with Crippen molar-refractivity contribution in [3.8, 4) is 0 Å². The highest BCUT2D eigenvalue weighted by Gasteiger charge is 2.41. The maximum atomic E-state index is 6.48. The second-order valence-corrected chi connectivity index (χ2v) is 9.10. The van der Waals surface area contributed by atoms with Gasteiger partial charge in [-0.25, -0.2) is 5.47 Å². The number of hydrogen-bond acceptors (Lipinski definition) is 1. The van der Waals surface area contributed by atoms with Gasteiger partial charge < -0.3 is 4.34 Å². The van der Waals surface area contributed by atoms with Crippen LogP contribution in [-0.2, 0) is 4.34 Å². The van der Waals surface area contributed by atoms with Crippen LogP contribution in [0.2, 0.25) is 25.7 Å². The maximum absolute atomic E-state index is 6.48. The van der Waals surface area contributed by atoms with Gasteiger partial charge in [0.2, 0.25) is 0 Å². The first-order valence-corrected chi connectivity index (χ1v) is 8.93. The molecule has 1 aliphatic heterocycles. The van der Waals surface area contributed by atoms with Crippen molar-refractivity contribution in [2.45, 2.75) is 59.9 Å². The van der Waals surface area contributed by atoms with Gasteiger partial charge in [-0.15, -0.1) is 0 Å². The summed E-state index contributed by atoms with van der Waals surface area (Å²) in [4.78, 5) is 0. The Kier molecular flexibility index (Phi) is 3.32. The first-order valence-electron chi connectivity index (χ1n) is 6.02. The van der Waals surface area contributed by atoms with E-state index >= 15 is 0 Å². The topological polar surface area (TPSA) is 9.23 Å². The van der Waals surface area contributed by atoms with Gasteiger partial charge >= 0.3 is 0 Å². The van der Waals surface area contributed by atoms with Crippen LogP contribution in [-0.4, -0.2) is 14.7 Å². The highest BCUT2D eigenvalue weighted by molar-refractivity contribution is 6.98. The quantitative estimate of drug-likeness (QED) is 0.641. The van der Waals surface area contributed by atoms with Crippen molar-refractivity contribution >= 4 is 14.7 Å². The lowest BCUT2D eigenvalue weighted by Gasteiger charge is -2.41. The van der Waals surface area contributed by atoms with Gasteiger partial charge in [-0.1, -0.05) is 32.4 Å². The van der Waals surface area contributed by atoms with E-state index in [4.69, 9.17) is 4.34 Å². The van der Waals surface area contributed by atoms with Crippen LogP contribution in [0.5, 0.6) is 0 Å². The molecule has 0 amide bonds. The summed E-state index contributed by atoms with van der Waals surface area (Å²) in [6, 6.07) is 0. The number of rotatable bonds is 3. The van der Waals surface area contributed by atoms with Crippen molar-refractivity contribution in [2.75, 3.05) is 0 Å². The molecule has 82 valence electrons. The molecule has 0 fully saturated rings. The third-order valence-corrected chi connectivity index (χ3v) is 7.41. The Bertz CT molecular complexity index is 254. The average Bonchev–Trinajstić information content (AvgIpc) is 2.35. The van der Waals surface area contributed by atoms with Crippen LogP contribution in [0.1, 0.15) is 34.1 Å². The molecular weight excluding hydrogens is 187 g/mol. The van der Waals surface area contributed by atoms with E-state index in [1.165, 1.54) is 19.1 Å². The van der Waals surface area contributed by atoms with Crippen LogP contribution < -0.4 is 0 Å². The summed E-state index contributed by atoms with van der Waals surface area (Å²) >= 11 is 0. The second kappa shape index (κ2) is 3.86. The van der Waals surface area contributed by atoms with Crippen molar-refractivity contribution in [3.05, 3.63) is 10.7 Å². The first kappa shape index (κ1) is 12.1. The van der Waals surface area contributed by atoms with Crippen LogP contribution in [0, 0.1) is 0 Å². The van der Waals surface area contributed by atoms with Gasteiger partial charge in [0.05, 0.1) is 0 Å². The Hall–Kier alpha value is -0.0182. The lowest BCUT2D eigenvalue weighted by atomic mass is 9.32. The molecule has 0 saturated carbocycles. The molecule has 0 aromatic carbocycles. The molecule has 1 rings (SSSR count). The van der Waals surface area contributed by atoms with E-state index in [2.05, 4.69) is 40.8 Å². The van der Waals surface area contributed by atoms with Crippen molar-refractivity contribution < 1.29 is 4.34 Å². The molecule has 0 spiro atoms. The lowest BCUT2D eigenvalue weighted by molar-refractivity contribution is 0.557. The standard InChI is InChI=1S/C11H24BOSi/c1-7-11-10(4)14(5,6)13-12(11,8-2)9-3/h7-9H2,1-6H3/q-1. The van der Waals surface area contributed by atoms with E-state index in [0.717, 1.165) is 0 Å². The molecule has 0 aromatic heterocycles. The van der Waals surface area contributed by atoms with Crippen molar-refractivity contribution in [2.24, 2.45) is 0 Å². The van der Waals surface area contributed by atoms with Crippen LogP contribution in [0.15, 0.2) is 10.7 Å². The second-order valence-electron chi connectivity index (χ2n) is 5.10. The van der Waals surface area contributed by atoms with Crippen molar-refractivity contribution in [1.82, 2.24) is 0 Å².